The molecule has 2 fully saturated rings. The Kier molecular flexibility index (Phi) is 5.91. The number of ether oxygens (including phenoxy) is 2. The average Bonchev–Trinajstić information content (AvgIpc) is 3.06. The summed E-state index contributed by atoms with van der Waals surface area (Å²) < 4.78 is 11.3. The van der Waals surface area contributed by atoms with Gasteiger partial charge in [0, 0.05) is 38.4 Å². The van der Waals surface area contributed by atoms with Crippen LogP contribution in [0.1, 0.15) is 44.6 Å². The third-order valence-corrected chi connectivity index (χ3v) is 5.18. The first-order valence-electron chi connectivity index (χ1n) is 9.26. The van der Waals surface area contributed by atoms with Gasteiger partial charge in [0.1, 0.15) is 0 Å². The molecule has 2 amide bonds. The summed E-state index contributed by atoms with van der Waals surface area (Å²) in [4.78, 5) is 18.4. The standard InChI is InChI=1S/C19H29N3O3/c1-15(13-19(2)24-11-12-25-19)14-21-18(23)22-9-5-17(6-10-22)16-3-7-20-8-4-16/h3-4,7-8,15,17H,5-6,9-14H2,1-2H3,(H,21,23). The van der Waals surface area contributed by atoms with E-state index in [1.807, 2.05) is 24.2 Å². The number of rotatable bonds is 5. The Hall–Kier alpha value is -1.66. The summed E-state index contributed by atoms with van der Waals surface area (Å²) in [5.74, 6) is 0.344. The van der Waals surface area contributed by atoms with Gasteiger partial charge in [-0.1, -0.05) is 6.92 Å². The predicted octanol–water partition coefficient (Wildman–Crippen LogP) is 2.76. The fraction of sp³-hybridized carbons (Fsp3) is 0.684. The summed E-state index contributed by atoms with van der Waals surface area (Å²) in [6, 6.07) is 4.20. The van der Waals surface area contributed by atoms with Crippen molar-refractivity contribution in [3.63, 3.8) is 0 Å². The molecule has 0 saturated carbocycles. The minimum absolute atomic E-state index is 0.0402. The van der Waals surface area contributed by atoms with E-state index in [1.165, 1.54) is 5.56 Å². The molecule has 6 nitrogen and oxygen atoms in total. The second-order valence-electron chi connectivity index (χ2n) is 7.37. The van der Waals surface area contributed by atoms with Crippen molar-refractivity contribution in [2.24, 2.45) is 5.92 Å². The van der Waals surface area contributed by atoms with Crippen molar-refractivity contribution in [3.05, 3.63) is 30.1 Å². The molecular weight excluding hydrogens is 318 g/mol. The van der Waals surface area contributed by atoms with Crippen molar-refractivity contribution in [1.82, 2.24) is 15.2 Å². The number of hydrogen-bond acceptors (Lipinski definition) is 4. The predicted molar refractivity (Wildman–Crippen MR) is 95.3 cm³/mol. The fourth-order valence-corrected chi connectivity index (χ4v) is 3.80. The van der Waals surface area contributed by atoms with Crippen molar-refractivity contribution in [3.8, 4) is 0 Å². The maximum Gasteiger partial charge on any atom is 0.317 e. The van der Waals surface area contributed by atoms with Crippen LogP contribution in [0.4, 0.5) is 4.79 Å². The SMILES string of the molecule is CC(CNC(=O)N1CCC(c2ccncc2)CC1)CC1(C)OCCO1. The molecule has 1 N–H and O–H groups in total. The van der Waals surface area contributed by atoms with E-state index in [1.54, 1.807) is 0 Å². The number of hydrogen-bond donors (Lipinski definition) is 1. The highest BCUT2D eigenvalue weighted by Gasteiger charge is 2.33. The first kappa shape index (κ1) is 18.1. The van der Waals surface area contributed by atoms with Crippen LogP contribution in [0, 0.1) is 5.92 Å². The summed E-state index contributed by atoms with van der Waals surface area (Å²) in [7, 11) is 0. The lowest BCUT2D eigenvalue weighted by atomic mass is 9.90. The van der Waals surface area contributed by atoms with Gasteiger partial charge in [-0.05, 0) is 49.3 Å². The van der Waals surface area contributed by atoms with Crippen LogP contribution in [0.5, 0.6) is 0 Å². The van der Waals surface area contributed by atoms with Crippen LogP contribution >= 0.6 is 0 Å². The fourth-order valence-electron chi connectivity index (χ4n) is 3.80. The number of urea groups is 1. The molecule has 1 aromatic rings. The van der Waals surface area contributed by atoms with Crippen molar-refractivity contribution >= 4 is 6.03 Å². The summed E-state index contributed by atoms with van der Waals surface area (Å²) in [5, 5.41) is 3.06. The van der Waals surface area contributed by atoms with Gasteiger partial charge in [0.25, 0.3) is 0 Å². The Morgan fingerprint density at radius 3 is 2.60 bits per heavy atom. The van der Waals surface area contributed by atoms with Crippen LogP contribution in [-0.4, -0.2) is 54.6 Å². The largest absolute Gasteiger partial charge is 0.348 e. The number of pyridine rings is 1. The van der Waals surface area contributed by atoms with Gasteiger partial charge in [-0.25, -0.2) is 4.79 Å². The van der Waals surface area contributed by atoms with Gasteiger partial charge >= 0.3 is 6.03 Å². The zero-order valence-electron chi connectivity index (χ0n) is 15.2. The summed E-state index contributed by atoms with van der Waals surface area (Å²) in [5.41, 5.74) is 1.33. The highest BCUT2D eigenvalue weighted by atomic mass is 16.7. The zero-order valence-corrected chi connectivity index (χ0v) is 15.2. The number of piperidine rings is 1. The Morgan fingerprint density at radius 2 is 1.96 bits per heavy atom. The Balaban J connectivity index is 1.39. The lowest BCUT2D eigenvalue weighted by molar-refractivity contribution is -0.153. The molecule has 1 atom stereocenters. The van der Waals surface area contributed by atoms with Crippen molar-refractivity contribution in [1.29, 1.82) is 0 Å². The van der Waals surface area contributed by atoms with Crippen LogP contribution in [0.2, 0.25) is 0 Å². The molecule has 25 heavy (non-hydrogen) atoms. The molecule has 2 aliphatic rings. The van der Waals surface area contributed by atoms with Gasteiger partial charge in [-0.2, -0.15) is 0 Å². The lowest BCUT2D eigenvalue weighted by Crippen LogP contribution is -2.45. The van der Waals surface area contributed by atoms with E-state index in [0.29, 0.717) is 31.6 Å². The quantitative estimate of drug-likeness (QED) is 0.889. The maximum atomic E-state index is 12.4. The highest BCUT2D eigenvalue weighted by molar-refractivity contribution is 5.74. The normalized spacial score (nSPS) is 21.9. The summed E-state index contributed by atoms with van der Waals surface area (Å²) in [6.45, 7) is 7.65. The third kappa shape index (κ3) is 4.92. The molecule has 0 spiro atoms. The molecule has 2 aliphatic heterocycles. The van der Waals surface area contributed by atoms with Gasteiger partial charge in [0.15, 0.2) is 5.79 Å². The molecule has 138 valence electrons. The molecule has 1 unspecified atom stereocenters. The van der Waals surface area contributed by atoms with Crippen LogP contribution in [0.15, 0.2) is 24.5 Å². The molecule has 1 aromatic heterocycles. The van der Waals surface area contributed by atoms with Gasteiger partial charge in [0.05, 0.1) is 13.2 Å². The lowest BCUT2D eigenvalue weighted by Gasteiger charge is -2.33. The topological polar surface area (TPSA) is 63.7 Å². The Bertz CT molecular complexity index is 552. The van der Waals surface area contributed by atoms with Gasteiger partial charge in [-0.15, -0.1) is 0 Å². The molecule has 3 heterocycles. The first-order chi connectivity index (χ1) is 12.1. The molecule has 0 aromatic carbocycles. The number of nitrogens with one attached hydrogen (secondary N) is 1. The van der Waals surface area contributed by atoms with E-state index in [-0.39, 0.29) is 6.03 Å². The van der Waals surface area contributed by atoms with E-state index < -0.39 is 5.79 Å². The zero-order chi connectivity index (χ0) is 17.7. The maximum absolute atomic E-state index is 12.4. The van der Waals surface area contributed by atoms with E-state index >= 15 is 0 Å². The highest BCUT2D eigenvalue weighted by Crippen LogP contribution is 2.28. The smallest absolute Gasteiger partial charge is 0.317 e. The first-order valence-corrected chi connectivity index (χ1v) is 9.26. The number of carbonyl (C=O) groups is 1. The average molecular weight is 347 g/mol. The van der Waals surface area contributed by atoms with Gasteiger partial charge < -0.3 is 19.7 Å². The number of aromatic nitrogens is 1. The summed E-state index contributed by atoms with van der Waals surface area (Å²) in [6.07, 6.45) is 6.49. The molecular formula is C19H29N3O3. The van der Waals surface area contributed by atoms with E-state index in [9.17, 15) is 4.79 Å². The number of nitrogens with zero attached hydrogens (tertiary/aromatic N) is 2. The minimum Gasteiger partial charge on any atom is -0.348 e. The van der Waals surface area contributed by atoms with E-state index in [2.05, 4.69) is 29.4 Å². The second-order valence-corrected chi connectivity index (χ2v) is 7.37. The molecule has 6 heteroatoms. The Morgan fingerprint density at radius 1 is 1.32 bits per heavy atom. The summed E-state index contributed by atoms with van der Waals surface area (Å²) >= 11 is 0. The van der Waals surface area contributed by atoms with Gasteiger partial charge in [0.2, 0.25) is 0 Å². The Labute approximate surface area is 149 Å². The van der Waals surface area contributed by atoms with Gasteiger partial charge in [-0.3, -0.25) is 4.98 Å². The van der Waals surface area contributed by atoms with E-state index in [0.717, 1.165) is 32.4 Å². The van der Waals surface area contributed by atoms with Crippen LogP contribution in [0.3, 0.4) is 0 Å². The minimum atomic E-state index is -0.493. The van der Waals surface area contributed by atoms with Crippen LogP contribution < -0.4 is 5.32 Å². The third-order valence-electron chi connectivity index (χ3n) is 5.18. The van der Waals surface area contributed by atoms with Crippen LogP contribution in [-0.2, 0) is 9.47 Å². The number of amides is 2. The number of carbonyl (C=O) groups excluding carboxylic acids is 1. The van der Waals surface area contributed by atoms with E-state index in [4.69, 9.17) is 9.47 Å². The van der Waals surface area contributed by atoms with Crippen LogP contribution in [0.25, 0.3) is 0 Å². The van der Waals surface area contributed by atoms with Crippen molar-refractivity contribution in [2.45, 2.75) is 44.8 Å². The number of likely N-dealkylation sites (tertiary alicyclic amines) is 1. The van der Waals surface area contributed by atoms with Crippen molar-refractivity contribution < 1.29 is 14.3 Å². The molecule has 0 bridgehead atoms. The molecule has 3 rings (SSSR count). The second kappa shape index (κ2) is 8.15. The molecule has 0 radical (unpaired) electrons. The molecule has 0 aliphatic carbocycles. The molecule has 2 saturated heterocycles. The monoisotopic (exact) mass is 347 g/mol. The van der Waals surface area contributed by atoms with Crippen molar-refractivity contribution in [2.75, 3.05) is 32.8 Å².